The van der Waals surface area contributed by atoms with Crippen molar-refractivity contribution in [3.05, 3.63) is 59.4 Å². The standard InChI is InChI=1S/C18H21N3O2/c1-13-9-10-14(2)17(12-13)21-20-16(7-5-8-18(22)23)15-6-3-4-11-19-15/h3-4,6,9-12,21H,5,7-8H2,1-2H3,(H,22,23)/b20-16-. The molecule has 0 fully saturated rings. The second-order valence-electron chi connectivity index (χ2n) is 5.45. The van der Waals surface area contributed by atoms with Gasteiger partial charge in [0.2, 0.25) is 0 Å². The molecule has 5 heteroatoms. The maximum atomic E-state index is 10.7. The van der Waals surface area contributed by atoms with E-state index in [-0.39, 0.29) is 6.42 Å². The highest BCUT2D eigenvalue weighted by molar-refractivity contribution is 5.99. The van der Waals surface area contributed by atoms with Crippen LogP contribution in [-0.2, 0) is 4.79 Å². The third-order valence-electron chi connectivity index (χ3n) is 3.47. The van der Waals surface area contributed by atoms with Crippen molar-refractivity contribution in [3.8, 4) is 0 Å². The molecule has 23 heavy (non-hydrogen) atoms. The third-order valence-corrected chi connectivity index (χ3v) is 3.47. The first-order valence-corrected chi connectivity index (χ1v) is 7.59. The number of hydrogen-bond donors (Lipinski definition) is 2. The molecule has 0 aliphatic heterocycles. The highest BCUT2D eigenvalue weighted by Crippen LogP contribution is 2.17. The van der Waals surface area contributed by atoms with Gasteiger partial charge in [-0.05, 0) is 56.0 Å². The summed E-state index contributed by atoms with van der Waals surface area (Å²) < 4.78 is 0. The lowest BCUT2D eigenvalue weighted by atomic mass is 10.1. The molecule has 1 heterocycles. The van der Waals surface area contributed by atoms with Gasteiger partial charge in [0.25, 0.3) is 0 Å². The predicted octanol–water partition coefficient (Wildman–Crippen LogP) is 3.77. The summed E-state index contributed by atoms with van der Waals surface area (Å²) in [6, 6.07) is 11.7. The van der Waals surface area contributed by atoms with Crippen LogP contribution in [0.2, 0.25) is 0 Å². The van der Waals surface area contributed by atoms with Gasteiger partial charge in [0.15, 0.2) is 0 Å². The molecule has 0 unspecified atom stereocenters. The molecule has 2 rings (SSSR count). The van der Waals surface area contributed by atoms with E-state index in [9.17, 15) is 4.79 Å². The molecule has 1 aromatic carbocycles. The molecule has 5 nitrogen and oxygen atoms in total. The molecule has 2 aromatic rings. The number of aromatic nitrogens is 1. The van der Waals surface area contributed by atoms with E-state index in [2.05, 4.69) is 21.6 Å². The molecule has 0 saturated carbocycles. The van der Waals surface area contributed by atoms with Gasteiger partial charge in [-0.1, -0.05) is 18.2 Å². The Hall–Kier alpha value is -2.69. The van der Waals surface area contributed by atoms with Crippen LogP contribution in [0.15, 0.2) is 47.7 Å². The van der Waals surface area contributed by atoms with Crippen LogP contribution < -0.4 is 5.43 Å². The number of aryl methyl sites for hydroxylation is 2. The van der Waals surface area contributed by atoms with Crippen LogP contribution in [0.1, 0.15) is 36.1 Å². The van der Waals surface area contributed by atoms with Gasteiger partial charge in [0.05, 0.1) is 17.1 Å². The smallest absolute Gasteiger partial charge is 0.303 e. The number of hydrogen-bond acceptors (Lipinski definition) is 4. The normalized spacial score (nSPS) is 11.3. The van der Waals surface area contributed by atoms with E-state index in [0.29, 0.717) is 12.8 Å². The van der Waals surface area contributed by atoms with Crippen LogP contribution in [-0.4, -0.2) is 21.8 Å². The molecule has 0 atom stereocenters. The van der Waals surface area contributed by atoms with Crippen molar-refractivity contribution >= 4 is 17.4 Å². The first kappa shape index (κ1) is 16.7. The van der Waals surface area contributed by atoms with Crippen molar-refractivity contribution in [1.82, 2.24) is 4.98 Å². The Labute approximate surface area is 136 Å². The van der Waals surface area contributed by atoms with Crippen molar-refractivity contribution < 1.29 is 9.90 Å². The minimum absolute atomic E-state index is 0.120. The highest BCUT2D eigenvalue weighted by atomic mass is 16.4. The molecule has 0 bridgehead atoms. The molecule has 0 amide bonds. The quantitative estimate of drug-likeness (QED) is 0.603. The van der Waals surface area contributed by atoms with E-state index in [0.717, 1.165) is 28.2 Å². The van der Waals surface area contributed by atoms with Gasteiger partial charge in [-0.15, -0.1) is 0 Å². The molecule has 0 radical (unpaired) electrons. The number of aliphatic carboxylic acids is 1. The Morgan fingerprint density at radius 1 is 1.22 bits per heavy atom. The average Bonchev–Trinajstić information content (AvgIpc) is 2.54. The molecule has 0 spiro atoms. The summed E-state index contributed by atoms with van der Waals surface area (Å²) in [6.07, 6.45) is 2.91. The number of nitrogens with zero attached hydrogens (tertiary/aromatic N) is 2. The van der Waals surface area contributed by atoms with E-state index in [4.69, 9.17) is 5.11 Å². The Morgan fingerprint density at radius 2 is 2.04 bits per heavy atom. The second-order valence-corrected chi connectivity index (χ2v) is 5.45. The summed E-state index contributed by atoms with van der Waals surface area (Å²) in [6.45, 7) is 4.04. The lowest BCUT2D eigenvalue weighted by Gasteiger charge is -2.09. The summed E-state index contributed by atoms with van der Waals surface area (Å²) >= 11 is 0. The predicted molar refractivity (Wildman–Crippen MR) is 91.8 cm³/mol. The van der Waals surface area contributed by atoms with Crippen molar-refractivity contribution in [2.24, 2.45) is 5.10 Å². The maximum Gasteiger partial charge on any atom is 0.303 e. The molecule has 2 N–H and O–H groups in total. The first-order chi connectivity index (χ1) is 11.1. The zero-order valence-corrected chi connectivity index (χ0v) is 13.4. The second kappa shape index (κ2) is 8.08. The van der Waals surface area contributed by atoms with E-state index >= 15 is 0 Å². The summed E-state index contributed by atoms with van der Waals surface area (Å²) in [4.78, 5) is 15.0. The van der Waals surface area contributed by atoms with Crippen LogP contribution in [0.4, 0.5) is 5.69 Å². The maximum absolute atomic E-state index is 10.7. The molecular weight excluding hydrogens is 290 g/mol. The van der Waals surface area contributed by atoms with Gasteiger partial charge in [-0.25, -0.2) is 0 Å². The lowest BCUT2D eigenvalue weighted by molar-refractivity contribution is -0.137. The fourth-order valence-electron chi connectivity index (χ4n) is 2.17. The zero-order chi connectivity index (χ0) is 16.7. The van der Waals surface area contributed by atoms with Gasteiger partial charge in [0, 0.05) is 12.6 Å². The zero-order valence-electron chi connectivity index (χ0n) is 13.4. The minimum Gasteiger partial charge on any atom is -0.481 e. The average molecular weight is 311 g/mol. The Morgan fingerprint density at radius 3 is 2.74 bits per heavy atom. The van der Waals surface area contributed by atoms with Gasteiger partial charge in [-0.3, -0.25) is 15.2 Å². The first-order valence-electron chi connectivity index (χ1n) is 7.59. The van der Waals surface area contributed by atoms with E-state index < -0.39 is 5.97 Å². The number of carboxylic acid groups (broad SMARTS) is 1. The van der Waals surface area contributed by atoms with Gasteiger partial charge >= 0.3 is 5.97 Å². The van der Waals surface area contributed by atoms with E-state index in [1.807, 2.05) is 44.2 Å². The largest absolute Gasteiger partial charge is 0.481 e. The minimum atomic E-state index is -0.798. The molecule has 120 valence electrons. The van der Waals surface area contributed by atoms with Crippen molar-refractivity contribution in [2.45, 2.75) is 33.1 Å². The lowest BCUT2D eigenvalue weighted by Crippen LogP contribution is -2.08. The number of nitrogens with one attached hydrogen (secondary N) is 1. The highest BCUT2D eigenvalue weighted by Gasteiger charge is 2.07. The molecular formula is C18H21N3O2. The van der Waals surface area contributed by atoms with E-state index in [1.165, 1.54) is 0 Å². The number of pyridine rings is 1. The van der Waals surface area contributed by atoms with Crippen LogP contribution in [0.25, 0.3) is 0 Å². The summed E-state index contributed by atoms with van der Waals surface area (Å²) in [5.74, 6) is -0.798. The van der Waals surface area contributed by atoms with Crippen LogP contribution in [0, 0.1) is 13.8 Å². The molecule has 1 aromatic heterocycles. The SMILES string of the molecule is Cc1ccc(C)c(N/N=C(/CCCC(=O)O)c2ccccn2)c1. The molecule has 0 saturated heterocycles. The van der Waals surface area contributed by atoms with Gasteiger partial charge in [-0.2, -0.15) is 5.10 Å². The fraction of sp³-hybridized carbons (Fsp3) is 0.278. The number of anilines is 1. The number of benzene rings is 1. The van der Waals surface area contributed by atoms with E-state index in [1.54, 1.807) is 6.20 Å². The van der Waals surface area contributed by atoms with Crippen LogP contribution in [0.3, 0.4) is 0 Å². The van der Waals surface area contributed by atoms with Crippen molar-refractivity contribution in [1.29, 1.82) is 0 Å². The number of rotatable bonds is 7. The summed E-state index contributed by atoms with van der Waals surface area (Å²) in [5.41, 5.74) is 7.80. The van der Waals surface area contributed by atoms with Crippen LogP contribution >= 0.6 is 0 Å². The number of carboxylic acids is 1. The monoisotopic (exact) mass is 311 g/mol. The third kappa shape index (κ3) is 5.21. The molecule has 0 aliphatic rings. The Bertz CT molecular complexity index is 697. The summed E-state index contributed by atoms with van der Waals surface area (Å²) in [5, 5.41) is 13.3. The number of hydrazone groups is 1. The van der Waals surface area contributed by atoms with Crippen molar-refractivity contribution in [2.75, 3.05) is 5.43 Å². The topological polar surface area (TPSA) is 74.6 Å². The molecule has 0 aliphatic carbocycles. The van der Waals surface area contributed by atoms with Gasteiger partial charge in [0.1, 0.15) is 0 Å². The summed E-state index contributed by atoms with van der Waals surface area (Å²) in [7, 11) is 0. The van der Waals surface area contributed by atoms with Gasteiger partial charge < -0.3 is 5.11 Å². The van der Waals surface area contributed by atoms with Crippen molar-refractivity contribution in [3.63, 3.8) is 0 Å². The number of carbonyl (C=O) groups is 1. The Kier molecular flexibility index (Phi) is 5.86. The van der Waals surface area contributed by atoms with Crippen LogP contribution in [0.5, 0.6) is 0 Å². The Balaban J connectivity index is 2.18. The fourth-order valence-corrected chi connectivity index (χ4v) is 2.17.